The average molecular weight is 442 g/mol. The average Bonchev–Trinajstić information content (AvgIpc) is 2.85. The van der Waals surface area contributed by atoms with Gasteiger partial charge in [-0.15, -0.1) is 0 Å². The van der Waals surface area contributed by atoms with Crippen LogP contribution in [-0.2, 0) is 29.2 Å². The molecule has 0 fully saturated rings. The van der Waals surface area contributed by atoms with Crippen LogP contribution in [0.1, 0.15) is 29.2 Å². The number of benzene rings is 2. The van der Waals surface area contributed by atoms with Gasteiger partial charge in [-0.2, -0.15) is 0 Å². The van der Waals surface area contributed by atoms with Gasteiger partial charge in [0.15, 0.2) is 9.84 Å². The molecule has 1 aliphatic rings. The Morgan fingerprint density at radius 3 is 2.45 bits per heavy atom. The summed E-state index contributed by atoms with van der Waals surface area (Å²) in [6, 6.07) is 9.89. The Labute approximate surface area is 178 Å². The van der Waals surface area contributed by atoms with E-state index in [1.165, 1.54) is 16.7 Å². The van der Waals surface area contributed by atoms with Gasteiger partial charge in [-0.1, -0.05) is 19.1 Å². The van der Waals surface area contributed by atoms with Gasteiger partial charge < -0.3 is 4.57 Å². The molecule has 31 heavy (non-hydrogen) atoms. The standard InChI is InChI=1S/C23H20F2N2O3S/c1-3-31(29,30)13-14-4-6-17-19(8-14)20-12-27(2)22(28)9-15(20)11-26-23(17)18-7-5-16(24)10-21(18)25/h4-10,12H,3,11,13H2,1-2H3. The van der Waals surface area contributed by atoms with E-state index in [9.17, 15) is 22.0 Å². The first kappa shape index (κ1) is 21.1. The number of aromatic nitrogens is 1. The summed E-state index contributed by atoms with van der Waals surface area (Å²) in [6.45, 7) is 1.72. The highest BCUT2D eigenvalue weighted by Gasteiger charge is 2.23. The van der Waals surface area contributed by atoms with Crippen LogP contribution in [0.2, 0.25) is 0 Å². The molecule has 0 amide bonds. The van der Waals surface area contributed by atoms with Crippen LogP contribution in [0.25, 0.3) is 11.1 Å². The lowest BCUT2D eigenvalue weighted by molar-refractivity contribution is 0.581. The van der Waals surface area contributed by atoms with Crippen LogP contribution in [0, 0.1) is 11.6 Å². The molecule has 0 saturated carbocycles. The molecule has 3 aromatic rings. The zero-order valence-corrected chi connectivity index (χ0v) is 17.8. The van der Waals surface area contributed by atoms with E-state index in [1.54, 1.807) is 38.4 Å². The Bertz CT molecular complexity index is 1390. The van der Waals surface area contributed by atoms with Crippen molar-refractivity contribution in [3.63, 3.8) is 0 Å². The molecule has 0 saturated heterocycles. The second-order valence-corrected chi connectivity index (χ2v) is 9.86. The highest BCUT2D eigenvalue weighted by Crippen LogP contribution is 2.33. The predicted octanol–water partition coefficient (Wildman–Crippen LogP) is 3.62. The van der Waals surface area contributed by atoms with E-state index in [1.807, 2.05) is 0 Å². The summed E-state index contributed by atoms with van der Waals surface area (Å²) >= 11 is 0. The van der Waals surface area contributed by atoms with Crippen LogP contribution in [0.5, 0.6) is 0 Å². The minimum atomic E-state index is -3.26. The van der Waals surface area contributed by atoms with Crippen LogP contribution < -0.4 is 5.56 Å². The van der Waals surface area contributed by atoms with Crippen LogP contribution >= 0.6 is 0 Å². The van der Waals surface area contributed by atoms with Gasteiger partial charge in [0.05, 0.1) is 18.0 Å². The minimum Gasteiger partial charge on any atom is -0.318 e. The minimum absolute atomic E-state index is 0.0165. The number of nitrogens with zero attached hydrogens (tertiary/aromatic N) is 2. The van der Waals surface area contributed by atoms with Gasteiger partial charge in [0.2, 0.25) is 0 Å². The molecule has 0 N–H and O–H groups in total. The number of fused-ring (bicyclic) bond motifs is 3. The van der Waals surface area contributed by atoms with Gasteiger partial charge >= 0.3 is 0 Å². The molecule has 0 unspecified atom stereocenters. The summed E-state index contributed by atoms with van der Waals surface area (Å²) in [5, 5.41) is 0. The van der Waals surface area contributed by atoms with Crippen LogP contribution in [0.15, 0.2) is 58.4 Å². The summed E-state index contributed by atoms with van der Waals surface area (Å²) in [7, 11) is -1.64. The smallest absolute Gasteiger partial charge is 0.250 e. The molecule has 0 atom stereocenters. The number of aliphatic imine (C=N–C) groups is 1. The molecule has 0 radical (unpaired) electrons. The molecule has 2 heterocycles. The second kappa shape index (κ2) is 7.85. The summed E-state index contributed by atoms with van der Waals surface area (Å²) in [4.78, 5) is 16.7. The molecule has 4 rings (SSSR count). The quantitative estimate of drug-likeness (QED) is 0.620. The maximum Gasteiger partial charge on any atom is 0.250 e. The Balaban J connectivity index is 1.98. The van der Waals surface area contributed by atoms with Crippen LogP contribution in [-0.4, -0.2) is 24.4 Å². The highest BCUT2D eigenvalue weighted by molar-refractivity contribution is 7.90. The fourth-order valence-electron chi connectivity index (χ4n) is 3.67. The Morgan fingerprint density at radius 1 is 1.00 bits per heavy atom. The number of rotatable bonds is 4. The first-order chi connectivity index (χ1) is 14.7. The van der Waals surface area contributed by atoms with E-state index >= 15 is 0 Å². The number of halogens is 2. The van der Waals surface area contributed by atoms with E-state index in [2.05, 4.69) is 4.99 Å². The lowest BCUT2D eigenvalue weighted by Crippen LogP contribution is -2.16. The third kappa shape index (κ3) is 4.07. The van der Waals surface area contributed by atoms with Gasteiger partial charge in [-0.3, -0.25) is 9.79 Å². The van der Waals surface area contributed by atoms with Gasteiger partial charge in [0, 0.05) is 47.8 Å². The van der Waals surface area contributed by atoms with Crippen molar-refractivity contribution >= 4 is 15.5 Å². The molecular formula is C23H20F2N2O3S. The number of aryl methyl sites for hydroxylation is 1. The Morgan fingerprint density at radius 2 is 1.74 bits per heavy atom. The zero-order valence-electron chi connectivity index (χ0n) is 17.0. The number of sulfone groups is 1. The summed E-state index contributed by atoms with van der Waals surface area (Å²) < 4.78 is 53.8. The molecular weight excluding hydrogens is 422 g/mol. The van der Waals surface area contributed by atoms with Gasteiger partial charge in [-0.25, -0.2) is 17.2 Å². The highest BCUT2D eigenvalue weighted by atomic mass is 32.2. The summed E-state index contributed by atoms with van der Waals surface area (Å²) in [6.07, 6.45) is 1.67. The van der Waals surface area contributed by atoms with Gasteiger partial charge in [0.25, 0.3) is 5.56 Å². The molecule has 2 aromatic carbocycles. The lowest BCUT2D eigenvalue weighted by atomic mass is 9.91. The van der Waals surface area contributed by atoms with Crippen molar-refractivity contribution in [3.05, 3.63) is 92.9 Å². The Kier molecular flexibility index (Phi) is 5.35. The maximum atomic E-state index is 14.6. The van der Waals surface area contributed by atoms with Crippen molar-refractivity contribution in [3.8, 4) is 11.1 Å². The van der Waals surface area contributed by atoms with E-state index in [0.29, 0.717) is 33.5 Å². The van der Waals surface area contributed by atoms with Crippen molar-refractivity contribution in [2.45, 2.75) is 19.2 Å². The fourth-order valence-corrected chi connectivity index (χ4v) is 4.56. The molecule has 0 bridgehead atoms. The number of pyridine rings is 1. The fraction of sp³-hybridized carbons (Fsp3) is 0.217. The number of hydrogen-bond donors (Lipinski definition) is 0. The van der Waals surface area contributed by atoms with Gasteiger partial charge in [-0.05, 0) is 34.9 Å². The van der Waals surface area contributed by atoms with E-state index < -0.39 is 21.5 Å². The van der Waals surface area contributed by atoms with Crippen molar-refractivity contribution < 1.29 is 17.2 Å². The number of hydrogen-bond acceptors (Lipinski definition) is 4. The first-order valence-electron chi connectivity index (χ1n) is 9.72. The topological polar surface area (TPSA) is 68.5 Å². The normalized spacial score (nSPS) is 13.2. The van der Waals surface area contributed by atoms with Crippen molar-refractivity contribution in [1.29, 1.82) is 0 Å². The van der Waals surface area contributed by atoms with Crippen LogP contribution in [0.3, 0.4) is 0 Å². The van der Waals surface area contributed by atoms with E-state index in [4.69, 9.17) is 0 Å². The lowest BCUT2D eigenvalue weighted by Gasteiger charge is -2.15. The molecule has 5 nitrogen and oxygen atoms in total. The van der Waals surface area contributed by atoms with Crippen molar-refractivity contribution in [2.24, 2.45) is 12.0 Å². The third-order valence-electron chi connectivity index (χ3n) is 5.36. The molecule has 1 aliphatic heterocycles. The maximum absolute atomic E-state index is 14.6. The van der Waals surface area contributed by atoms with Crippen molar-refractivity contribution in [1.82, 2.24) is 4.57 Å². The SMILES string of the molecule is CCS(=O)(=O)Cc1ccc2c(c1)-c1cn(C)c(=O)cc1CN=C2c1ccc(F)cc1F. The summed E-state index contributed by atoms with van der Waals surface area (Å²) in [5.41, 5.74) is 3.43. The van der Waals surface area contributed by atoms with Crippen LogP contribution in [0.4, 0.5) is 8.78 Å². The molecule has 160 valence electrons. The predicted molar refractivity (Wildman–Crippen MR) is 116 cm³/mol. The van der Waals surface area contributed by atoms with Crippen molar-refractivity contribution in [2.75, 3.05) is 5.75 Å². The third-order valence-corrected chi connectivity index (χ3v) is 7.02. The molecule has 0 aliphatic carbocycles. The summed E-state index contributed by atoms with van der Waals surface area (Å²) in [5.74, 6) is -1.55. The Hall–Kier alpha value is -3.13. The first-order valence-corrected chi connectivity index (χ1v) is 11.5. The second-order valence-electron chi connectivity index (χ2n) is 7.51. The zero-order chi connectivity index (χ0) is 22.3. The molecule has 0 spiro atoms. The molecule has 8 heteroatoms. The van der Waals surface area contributed by atoms with E-state index in [0.717, 1.165) is 12.1 Å². The largest absolute Gasteiger partial charge is 0.318 e. The van der Waals surface area contributed by atoms with E-state index in [-0.39, 0.29) is 29.2 Å². The van der Waals surface area contributed by atoms with Gasteiger partial charge in [0.1, 0.15) is 11.6 Å². The monoisotopic (exact) mass is 442 g/mol. The molecule has 1 aromatic heterocycles.